The van der Waals surface area contributed by atoms with Gasteiger partial charge in [-0.2, -0.15) is 0 Å². The van der Waals surface area contributed by atoms with Crippen LogP contribution in [0, 0.1) is 15.4 Å². The molecule has 2 saturated carbocycles. The number of aromatic nitrogens is 4. The molecule has 2 aromatic heterocycles. The van der Waals surface area contributed by atoms with Crippen molar-refractivity contribution < 1.29 is 8.85 Å². The molecule has 4 atom stereocenters. The second kappa shape index (κ2) is 18.7. The average molecular weight is 921 g/mol. The Labute approximate surface area is 361 Å². The Morgan fingerprint density at radius 3 is 1.86 bits per heavy atom. The SMILES string of the molecule is CC(C)(C)[Si](C)(C)O[C@H](C[C@@H](c1ccccc1I)n1ccnc1)C1CCCCC1.CC(C)(C)[Si](C)(C)O[C@H](C[C@H]1c2ccccc2-c2cncn21)C1CCCCC1. The van der Waals surface area contributed by atoms with Gasteiger partial charge in [-0.25, -0.2) is 9.97 Å². The molecule has 4 aromatic rings. The Bertz CT molecular complexity index is 1850. The number of nitrogens with zero attached hydrogens (tertiary/aromatic N) is 4. The Morgan fingerprint density at radius 1 is 0.719 bits per heavy atom. The molecule has 3 aliphatic rings. The first-order valence-electron chi connectivity index (χ1n) is 22.2. The van der Waals surface area contributed by atoms with Crippen LogP contribution in [0.4, 0.5) is 0 Å². The molecule has 0 spiro atoms. The minimum absolute atomic E-state index is 0.228. The van der Waals surface area contributed by atoms with E-state index >= 15 is 0 Å². The highest BCUT2D eigenvalue weighted by Gasteiger charge is 2.44. The Balaban J connectivity index is 0.000000193. The van der Waals surface area contributed by atoms with Crippen LogP contribution in [0.1, 0.15) is 142 Å². The van der Waals surface area contributed by atoms with E-state index in [1.165, 1.54) is 90.2 Å². The van der Waals surface area contributed by atoms with Crippen LogP contribution >= 0.6 is 22.6 Å². The molecule has 57 heavy (non-hydrogen) atoms. The third-order valence-electron chi connectivity index (χ3n) is 14.5. The predicted molar refractivity (Wildman–Crippen MR) is 252 cm³/mol. The van der Waals surface area contributed by atoms with Crippen molar-refractivity contribution in [3.63, 3.8) is 0 Å². The van der Waals surface area contributed by atoms with Gasteiger partial charge in [0.1, 0.15) is 0 Å². The Hall–Kier alpha value is -2.06. The summed E-state index contributed by atoms with van der Waals surface area (Å²) in [6.07, 6.45) is 26.2. The maximum absolute atomic E-state index is 7.13. The third kappa shape index (κ3) is 10.6. The fourth-order valence-electron chi connectivity index (χ4n) is 9.02. The summed E-state index contributed by atoms with van der Waals surface area (Å²) >= 11 is 2.48. The number of imidazole rings is 2. The van der Waals surface area contributed by atoms with Gasteiger partial charge in [0.2, 0.25) is 0 Å². The van der Waals surface area contributed by atoms with Crippen molar-refractivity contribution >= 4 is 39.2 Å². The highest BCUT2D eigenvalue weighted by Crippen LogP contribution is 2.47. The number of hydrogen-bond acceptors (Lipinski definition) is 4. The first-order valence-corrected chi connectivity index (χ1v) is 29.0. The van der Waals surface area contributed by atoms with Gasteiger partial charge in [-0.05, 0) is 126 Å². The third-order valence-corrected chi connectivity index (χ3v) is 24.5. The van der Waals surface area contributed by atoms with Crippen molar-refractivity contribution in [2.75, 3.05) is 0 Å². The molecule has 0 bridgehead atoms. The minimum Gasteiger partial charge on any atom is -0.414 e. The van der Waals surface area contributed by atoms with Crippen LogP contribution in [0.2, 0.25) is 36.3 Å². The van der Waals surface area contributed by atoms with Gasteiger partial charge >= 0.3 is 0 Å². The average Bonchev–Trinajstić information content (AvgIpc) is 3.94. The van der Waals surface area contributed by atoms with Crippen LogP contribution in [-0.2, 0) is 8.85 Å². The van der Waals surface area contributed by atoms with E-state index in [4.69, 9.17) is 8.85 Å². The zero-order chi connectivity index (χ0) is 41.0. The standard InChI is InChI=1S/C24H37IN2OSi.C24H36N2OSi/c1-24(2,3)29(4,5)28-23(19-11-7-6-8-12-19)17-22(27-16-15-26-18-27)20-13-9-10-14-21(20)25;1-24(2,3)28(4,5)27-23(18-11-7-6-8-12-18)15-21-19-13-9-10-14-20(19)22-16-25-17-26(21)22/h9-10,13-16,18-19,22-23H,6-8,11-12,17H2,1-5H3;9-10,13-14,16-18,21,23H,6-8,11-12,15H2,1-5H3/t22-,23+;21-,23+/m00/s1. The lowest BCUT2D eigenvalue weighted by Crippen LogP contribution is -2.46. The van der Waals surface area contributed by atoms with Crippen LogP contribution < -0.4 is 0 Å². The first kappa shape index (κ1) is 44.5. The van der Waals surface area contributed by atoms with Crippen molar-refractivity contribution in [3.05, 3.63) is 94.5 Å². The molecule has 0 unspecified atom stereocenters. The lowest BCUT2D eigenvalue weighted by molar-refractivity contribution is 0.0767. The predicted octanol–water partition coefficient (Wildman–Crippen LogP) is 14.3. The molecular formula is C48H73IN4O2Si2. The number of fused-ring (bicyclic) bond motifs is 3. The van der Waals surface area contributed by atoms with Crippen LogP contribution in [0.5, 0.6) is 0 Å². The van der Waals surface area contributed by atoms with Crippen LogP contribution in [0.3, 0.4) is 0 Å². The van der Waals surface area contributed by atoms with Crippen molar-refractivity contribution in [3.8, 4) is 11.3 Å². The van der Waals surface area contributed by atoms with Gasteiger partial charge in [-0.1, -0.05) is 123 Å². The molecule has 2 fully saturated rings. The summed E-state index contributed by atoms with van der Waals surface area (Å²) in [5.74, 6) is 1.37. The van der Waals surface area contributed by atoms with Gasteiger partial charge in [-0.15, -0.1) is 0 Å². The van der Waals surface area contributed by atoms with Crippen LogP contribution in [0.15, 0.2) is 79.8 Å². The molecular weight excluding hydrogens is 848 g/mol. The second-order valence-electron chi connectivity index (χ2n) is 20.4. The highest BCUT2D eigenvalue weighted by atomic mass is 127. The minimum atomic E-state index is -1.84. The number of hydrogen-bond donors (Lipinski definition) is 0. The number of halogens is 1. The highest BCUT2D eigenvalue weighted by molar-refractivity contribution is 14.1. The molecule has 9 heteroatoms. The van der Waals surface area contributed by atoms with E-state index in [0.717, 1.165) is 12.8 Å². The van der Waals surface area contributed by atoms with Crippen molar-refractivity contribution in [2.45, 2.75) is 179 Å². The van der Waals surface area contributed by atoms with E-state index in [0.29, 0.717) is 30.1 Å². The lowest BCUT2D eigenvalue weighted by Gasteiger charge is -2.43. The molecule has 0 amide bonds. The van der Waals surface area contributed by atoms with Crippen molar-refractivity contribution in [1.82, 2.24) is 19.1 Å². The smallest absolute Gasteiger partial charge is 0.192 e. The molecule has 312 valence electrons. The molecule has 6 nitrogen and oxygen atoms in total. The Morgan fingerprint density at radius 2 is 1.28 bits per heavy atom. The lowest BCUT2D eigenvalue weighted by atomic mass is 9.82. The van der Waals surface area contributed by atoms with E-state index in [9.17, 15) is 0 Å². The molecule has 0 saturated heterocycles. The molecule has 3 heterocycles. The monoisotopic (exact) mass is 920 g/mol. The van der Waals surface area contributed by atoms with E-state index in [-0.39, 0.29) is 16.1 Å². The van der Waals surface area contributed by atoms with Crippen LogP contribution in [0.25, 0.3) is 11.3 Å². The molecule has 1 aliphatic heterocycles. The molecule has 0 N–H and O–H groups in total. The van der Waals surface area contributed by atoms with E-state index < -0.39 is 16.6 Å². The Kier molecular flexibility index (Phi) is 14.6. The van der Waals surface area contributed by atoms with E-state index in [2.05, 4.69) is 164 Å². The topological polar surface area (TPSA) is 54.1 Å². The normalized spacial score (nSPS) is 19.9. The number of benzene rings is 2. The van der Waals surface area contributed by atoms with E-state index in [1.54, 1.807) is 0 Å². The fourth-order valence-corrected chi connectivity index (χ4v) is 12.6. The summed E-state index contributed by atoms with van der Waals surface area (Å²) in [6, 6.07) is 18.3. The van der Waals surface area contributed by atoms with Gasteiger partial charge in [0.25, 0.3) is 0 Å². The molecule has 2 aromatic carbocycles. The zero-order valence-electron chi connectivity index (χ0n) is 36.9. The molecule has 7 rings (SSSR count). The molecule has 0 radical (unpaired) electrons. The number of rotatable bonds is 12. The summed E-state index contributed by atoms with van der Waals surface area (Å²) in [6.45, 7) is 23.8. The zero-order valence-corrected chi connectivity index (χ0v) is 41.1. The van der Waals surface area contributed by atoms with Gasteiger partial charge < -0.3 is 18.0 Å². The maximum Gasteiger partial charge on any atom is 0.192 e. The van der Waals surface area contributed by atoms with Gasteiger partial charge in [-0.3, -0.25) is 0 Å². The fraction of sp³-hybridized carbons (Fsp3) is 0.625. The van der Waals surface area contributed by atoms with Gasteiger partial charge in [0.05, 0.1) is 48.8 Å². The summed E-state index contributed by atoms with van der Waals surface area (Å²) < 4.78 is 20.2. The largest absolute Gasteiger partial charge is 0.414 e. The summed E-state index contributed by atoms with van der Waals surface area (Å²) in [5, 5.41) is 0.471. The van der Waals surface area contributed by atoms with Gasteiger partial charge in [0, 0.05) is 21.5 Å². The van der Waals surface area contributed by atoms with Crippen molar-refractivity contribution in [1.29, 1.82) is 0 Å². The van der Waals surface area contributed by atoms with E-state index in [1.807, 2.05) is 25.0 Å². The summed E-state index contributed by atoms with van der Waals surface area (Å²) in [4.78, 5) is 8.82. The van der Waals surface area contributed by atoms with Crippen molar-refractivity contribution in [2.24, 2.45) is 11.8 Å². The van der Waals surface area contributed by atoms with Gasteiger partial charge in [0.15, 0.2) is 16.6 Å². The summed E-state index contributed by atoms with van der Waals surface area (Å²) in [7, 11) is -3.66. The quantitative estimate of drug-likeness (QED) is 0.105. The van der Waals surface area contributed by atoms with Crippen LogP contribution in [-0.4, -0.2) is 47.9 Å². The molecule has 2 aliphatic carbocycles. The second-order valence-corrected chi connectivity index (χ2v) is 31.1. The first-order chi connectivity index (χ1) is 27.0. The summed E-state index contributed by atoms with van der Waals surface area (Å²) in [5.41, 5.74) is 5.43. The maximum atomic E-state index is 7.13.